The largest absolute Gasteiger partial charge is 0.492 e. The topological polar surface area (TPSA) is 31.6 Å². The molecule has 0 saturated heterocycles. The normalized spacial score (nSPS) is 12.9. The monoisotopic (exact) mass is 318 g/mol. The van der Waals surface area contributed by atoms with Crippen molar-refractivity contribution in [2.75, 3.05) is 6.61 Å². The van der Waals surface area contributed by atoms with Gasteiger partial charge < -0.3 is 13.9 Å². The van der Waals surface area contributed by atoms with Crippen LogP contribution < -0.4 is 9.47 Å². The zero-order valence-electron chi connectivity index (χ0n) is 13.3. The third-order valence-corrected chi connectivity index (χ3v) is 4.09. The van der Waals surface area contributed by atoms with Crippen LogP contribution in [0.2, 0.25) is 0 Å². The highest BCUT2D eigenvalue weighted by Gasteiger charge is 2.19. The van der Waals surface area contributed by atoms with E-state index < -0.39 is 0 Å². The van der Waals surface area contributed by atoms with Crippen LogP contribution >= 0.6 is 0 Å². The average molecular weight is 318 g/mol. The van der Waals surface area contributed by atoms with Crippen molar-refractivity contribution in [3.8, 4) is 11.5 Å². The summed E-state index contributed by atoms with van der Waals surface area (Å²) in [5, 5.41) is 0.967. The molecular formula is C21H18O3. The fourth-order valence-electron chi connectivity index (χ4n) is 2.92. The van der Waals surface area contributed by atoms with Crippen molar-refractivity contribution in [1.82, 2.24) is 0 Å². The first-order chi connectivity index (χ1) is 11.8. The molecule has 0 saturated carbocycles. The highest BCUT2D eigenvalue weighted by molar-refractivity contribution is 5.91. The summed E-state index contributed by atoms with van der Waals surface area (Å²) in [5.41, 5.74) is 3.02. The molecule has 4 rings (SSSR count). The lowest BCUT2D eigenvalue weighted by Gasteiger charge is -2.18. The number of aryl methyl sites for hydroxylation is 1. The lowest BCUT2D eigenvalue weighted by atomic mass is 10.1. The maximum absolute atomic E-state index is 6.11. The van der Waals surface area contributed by atoms with Gasteiger partial charge in [0.1, 0.15) is 22.8 Å². The van der Waals surface area contributed by atoms with Gasteiger partial charge in [-0.1, -0.05) is 36.9 Å². The molecule has 3 heteroatoms. The molecule has 1 aromatic heterocycles. The summed E-state index contributed by atoms with van der Waals surface area (Å²) in [6.45, 7) is 4.48. The van der Waals surface area contributed by atoms with E-state index in [2.05, 4.69) is 30.8 Å². The minimum Gasteiger partial charge on any atom is -0.492 e. The number of furan rings is 1. The first kappa shape index (κ1) is 14.6. The molecule has 0 spiro atoms. The van der Waals surface area contributed by atoms with E-state index in [4.69, 9.17) is 13.9 Å². The molecule has 2 aromatic carbocycles. The fourth-order valence-corrected chi connectivity index (χ4v) is 2.92. The molecule has 120 valence electrons. The highest BCUT2D eigenvalue weighted by atomic mass is 16.5. The Balaban J connectivity index is 1.54. The Hall–Kier alpha value is -2.94. The zero-order valence-corrected chi connectivity index (χ0v) is 13.3. The Kier molecular flexibility index (Phi) is 3.83. The van der Waals surface area contributed by atoms with Crippen molar-refractivity contribution in [3.63, 3.8) is 0 Å². The summed E-state index contributed by atoms with van der Waals surface area (Å²) in [6.07, 6.45) is 7.45. The first-order valence-electron chi connectivity index (χ1n) is 8.07. The minimum absolute atomic E-state index is 0.614. The lowest BCUT2D eigenvalue weighted by molar-refractivity contribution is 0.311. The third kappa shape index (κ3) is 2.81. The van der Waals surface area contributed by atoms with Gasteiger partial charge in [0.25, 0.3) is 0 Å². The van der Waals surface area contributed by atoms with Crippen LogP contribution in [0.5, 0.6) is 11.5 Å². The number of allylic oxidation sites excluding steroid dienone is 1. The summed E-state index contributed by atoms with van der Waals surface area (Å²) < 4.78 is 17.3. The number of hydrogen-bond acceptors (Lipinski definition) is 3. The van der Waals surface area contributed by atoms with Crippen molar-refractivity contribution < 1.29 is 13.9 Å². The molecule has 0 amide bonds. The maximum atomic E-state index is 6.11. The van der Waals surface area contributed by atoms with Crippen LogP contribution in [0.3, 0.4) is 0 Å². The van der Waals surface area contributed by atoms with Gasteiger partial charge in [0, 0.05) is 6.07 Å². The molecule has 2 heterocycles. The van der Waals surface area contributed by atoms with Gasteiger partial charge in [-0.3, -0.25) is 0 Å². The van der Waals surface area contributed by atoms with Crippen molar-refractivity contribution >= 4 is 17.0 Å². The lowest BCUT2D eigenvalue weighted by Crippen LogP contribution is -2.04. The number of ether oxygens (including phenoxy) is 2. The predicted molar refractivity (Wildman–Crippen MR) is 95.3 cm³/mol. The Morgan fingerprint density at radius 3 is 2.79 bits per heavy atom. The summed E-state index contributed by atoms with van der Waals surface area (Å²) in [4.78, 5) is 0. The van der Waals surface area contributed by atoms with E-state index >= 15 is 0 Å². The van der Waals surface area contributed by atoms with E-state index in [-0.39, 0.29) is 0 Å². The molecule has 3 nitrogen and oxygen atoms in total. The molecular weight excluding hydrogens is 300 g/mol. The van der Waals surface area contributed by atoms with Crippen LogP contribution in [-0.2, 0) is 6.42 Å². The van der Waals surface area contributed by atoms with Crippen molar-refractivity contribution in [3.05, 3.63) is 78.3 Å². The average Bonchev–Trinajstić information content (AvgIpc) is 3.06. The van der Waals surface area contributed by atoms with Gasteiger partial charge in [0.2, 0.25) is 0 Å². The molecule has 1 aliphatic rings. The number of benzene rings is 2. The number of fused-ring (bicyclic) bond motifs is 2. The van der Waals surface area contributed by atoms with E-state index in [9.17, 15) is 0 Å². The third-order valence-electron chi connectivity index (χ3n) is 4.09. The Morgan fingerprint density at radius 2 is 1.92 bits per heavy atom. The van der Waals surface area contributed by atoms with Gasteiger partial charge in [-0.2, -0.15) is 0 Å². The SMILES string of the molecule is C=C1C=Cc2c(cc3occc3c2OCCCc2ccccc2)O1. The van der Waals surface area contributed by atoms with E-state index in [1.807, 2.05) is 30.4 Å². The molecule has 3 aromatic rings. The molecule has 0 aliphatic carbocycles. The van der Waals surface area contributed by atoms with Gasteiger partial charge in [0.15, 0.2) is 0 Å². The smallest absolute Gasteiger partial charge is 0.142 e. The van der Waals surface area contributed by atoms with Gasteiger partial charge in [0.05, 0.1) is 23.8 Å². The van der Waals surface area contributed by atoms with Gasteiger partial charge in [-0.15, -0.1) is 0 Å². The second kappa shape index (κ2) is 6.28. The van der Waals surface area contributed by atoms with E-state index in [1.165, 1.54) is 5.56 Å². The summed E-state index contributed by atoms with van der Waals surface area (Å²) in [6, 6.07) is 14.3. The van der Waals surface area contributed by atoms with Crippen LogP contribution in [0, 0.1) is 0 Å². The van der Waals surface area contributed by atoms with E-state index in [0.717, 1.165) is 40.9 Å². The Bertz CT molecular complexity index is 903. The summed E-state index contributed by atoms with van der Waals surface area (Å²) in [5.74, 6) is 2.15. The van der Waals surface area contributed by atoms with Gasteiger partial charge >= 0.3 is 0 Å². The van der Waals surface area contributed by atoms with Gasteiger partial charge in [-0.25, -0.2) is 0 Å². The molecule has 0 bridgehead atoms. The van der Waals surface area contributed by atoms with Gasteiger partial charge in [-0.05, 0) is 36.6 Å². The fraction of sp³-hybridized carbons (Fsp3) is 0.143. The number of hydrogen-bond donors (Lipinski definition) is 0. The van der Waals surface area contributed by atoms with Crippen molar-refractivity contribution in [1.29, 1.82) is 0 Å². The Morgan fingerprint density at radius 1 is 1.04 bits per heavy atom. The molecule has 0 N–H and O–H groups in total. The van der Waals surface area contributed by atoms with E-state index in [1.54, 1.807) is 6.26 Å². The van der Waals surface area contributed by atoms with Crippen LogP contribution in [0.4, 0.5) is 0 Å². The summed E-state index contributed by atoms with van der Waals surface area (Å²) in [7, 11) is 0. The highest BCUT2D eigenvalue weighted by Crippen LogP contribution is 2.41. The molecule has 0 atom stereocenters. The zero-order chi connectivity index (χ0) is 16.4. The van der Waals surface area contributed by atoms with Crippen molar-refractivity contribution in [2.45, 2.75) is 12.8 Å². The first-order valence-corrected chi connectivity index (χ1v) is 8.07. The summed E-state index contributed by atoms with van der Waals surface area (Å²) >= 11 is 0. The molecule has 0 radical (unpaired) electrons. The molecule has 0 unspecified atom stereocenters. The Labute approximate surface area is 140 Å². The second-order valence-electron chi connectivity index (χ2n) is 5.79. The maximum Gasteiger partial charge on any atom is 0.142 e. The van der Waals surface area contributed by atoms with E-state index in [0.29, 0.717) is 12.4 Å². The quantitative estimate of drug-likeness (QED) is 0.593. The second-order valence-corrected chi connectivity index (χ2v) is 5.79. The standard InChI is InChI=1S/C21H18O3/c1-15-9-10-17-20(24-15)14-19-18(11-13-22-19)21(17)23-12-5-8-16-6-3-2-4-7-16/h2-4,6-7,9-11,13-14H,1,5,8,12H2. The predicted octanol–water partition coefficient (Wildman–Crippen LogP) is 5.36. The van der Waals surface area contributed by atoms with Crippen LogP contribution in [0.25, 0.3) is 17.0 Å². The molecule has 0 fully saturated rings. The van der Waals surface area contributed by atoms with Crippen molar-refractivity contribution in [2.24, 2.45) is 0 Å². The van der Waals surface area contributed by atoms with Crippen LogP contribution in [-0.4, -0.2) is 6.61 Å². The van der Waals surface area contributed by atoms with Crippen LogP contribution in [0.15, 0.2) is 71.6 Å². The minimum atomic E-state index is 0.614. The van der Waals surface area contributed by atoms with Crippen LogP contribution in [0.1, 0.15) is 17.5 Å². The molecule has 24 heavy (non-hydrogen) atoms. The number of rotatable bonds is 5. The molecule has 1 aliphatic heterocycles.